The molecule has 12 heteroatoms. The molecule has 1 amide bonds. The van der Waals surface area contributed by atoms with Crippen LogP contribution < -0.4 is 14.8 Å². The smallest absolute Gasteiger partial charge is 0.471 e. The van der Waals surface area contributed by atoms with Crippen LogP contribution in [0.25, 0.3) is 0 Å². The molecule has 0 unspecified atom stereocenters. The Labute approximate surface area is 170 Å². The summed E-state index contributed by atoms with van der Waals surface area (Å²) in [5.74, 6) is -2.57. The second kappa shape index (κ2) is 9.13. The lowest BCUT2D eigenvalue weighted by Crippen LogP contribution is -2.30. The third-order valence-electron chi connectivity index (χ3n) is 3.82. The van der Waals surface area contributed by atoms with Gasteiger partial charge in [-0.25, -0.2) is 17.9 Å². The zero-order valence-corrected chi connectivity index (χ0v) is 16.6. The van der Waals surface area contributed by atoms with Crippen molar-refractivity contribution in [3.63, 3.8) is 0 Å². The van der Waals surface area contributed by atoms with Gasteiger partial charge in [-0.2, -0.15) is 13.2 Å². The zero-order chi connectivity index (χ0) is 22.5. The van der Waals surface area contributed by atoms with Gasteiger partial charge in [-0.15, -0.1) is 0 Å². The lowest BCUT2D eigenvalue weighted by molar-refractivity contribution is -0.167. The summed E-state index contributed by atoms with van der Waals surface area (Å²) in [6.07, 6.45) is -5.06. The molecule has 0 aromatic heterocycles. The third-order valence-corrected chi connectivity index (χ3v) is 5.23. The van der Waals surface area contributed by atoms with E-state index >= 15 is 0 Å². The van der Waals surface area contributed by atoms with Crippen LogP contribution in [0, 0.1) is 0 Å². The maximum atomic E-state index is 12.4. The number of carbonyl (C=O) groups excluding carboxylic acids is 2. The summed E-state index contributed by atoms with van der Waals surface area (Å²) in [4.78, 5) is 22.5. The number of anilines is 1. The summed E-state index contributed by atoms with van der Waals surface area (Å²) >= 11 is 0. The quantitative estimate of drug-likeness (QED) is 0.633. The molecule has 2 rings (SSSR count). The van der Waals surface area contributed by atoms with E-state index in [-0.39, 0.29) is 28.4 Å². The average molecular weight is 446 g/mol. The zero-order valence-electron chi connectivity index (χ0n) is 15.7. The van der Waals surface area contributed by atoms with Gasteiger partial charge < -0.3 is 14.8 Å². The van der Waals surface area contributed by atoms with Crippen LogP contribution in [0.2, 0.25) is 0 Å². The van der Waals surface area contributed by atoms with Gasteiger partial charge in [0.15, 0.2) is 0 Å². The molecular weight excluding hydrogens is 429 g/mol. The normalized spacial score (nSPS) is 11.6. The highest BCUT2D eigenvalue weighted by Gasteiger charge is 2.38. The maximum Gasteiger partial charge on any atom is 0.471 e. The minimum absolute atomic E-state index is 0.112. The van der Waals surface area contributed by atoms with Crippen molar-refractivity contribution in [3.05, 3.63) is 53.6 Å². The fraction of sp³-hybridized carbons (Fsp3) is 0.222. The van der Waals surface area contributed by atoms with Gasteiger partial charge in [0.1, 0.15) is 11.3 Å². The van der Waals surface area contributed by atoms with Crippen LogP contribution in [0.15, 0.2) is 47.4 Å². The Morgan fingerprint density at radius 3 is 2.20 bits per heavy atom. The van der Waals surface area contributed by atoms with Crippen LogP contribution in [0.3, 0.4) is 0 Å². The van der Waals surface area contributed by atoms with Gasteiger partial charge >= 0.3 is 18.1 Å². The first-order valence-corrected chi connectivity index (χ1v) is 9.69. The minimum Gasteiger partial charge on any atom is -0.496 e. The number of ether oxygens (including phenoxy) is 2. The number of benzene rings is 2. The Balaban J connectivity index is 2.12. The molecule has 2 aromatic rings. The largest absolute Gasteiger partial charge is 0.496 e. The van der Waals surface area contributed by atoms with Gasteiger partial charge in [0.25, 0.3) is 0 Å². The molecule has 0 heterocycles. The summed E-state index contributed by atoms with van der Waals surface area (Å²) in [6, 6.07) is 8.58. The van der Waals surface area contributed by atoms with Crippen LogP contribution in [0.1, 0.15) is 15.9 Å². The van der Waals surface area contributed by atoms with E-state index in [9.17, 15) is 31.2 Å². The number of nitrogens with one attached hydrogen (secondary N) is 2. The second-order valence-corrected chi connectivity index (χ2v) is 7.59. The number of sulfonamides is 1. The molecule has 0 aliphatic carbocycles. The molecule has 0 fully saturated rings. The molecule has 0 spiro atoms. The van der Waals surface area contributed by atoms with E-state index < -0.39 is 28.1 Å². The molecule has 162 valence electrons. The van der Waals surface area contributed by atoms with E-state index in [0.717, 1.165) is 24.3 Å². The summed E-state index contributed by atoms with van der Waals surface area (Å²) in [7, 11) is -1.46. The van der Waals surface area contributed by atoms with Crippen molar-refractivity contribution in [2.75, 3.05) is 19.5 Å². The Morgan fingerprint density at radius 2 is 1.67 bits per heavy atom. The molecule has 0 aliphatic rings. The van der Waals surface area contributed by atoms with Gasteiger partial charge in [0.2, 0.25) is 10.0 Å². The predicted octanol–water partition coefficient (Wildman–Crippen LogP) is 2.46. The van der Waals surface area contributed by atoms with Crippen molar-refractivity contribution in [1.82, 2.24) is 4.72 Å². The first kappa shape index (κ1) is 23.2. The van der Waals surface area contributed by atoms with Gasteiger partial charge in [0.05, 0.1) is 19.1 Å². The number of hydrogen-bond acceptors (Lipinski definition) is 6. The number of hydrogen-bond donors (Lipinski definition) is 2. The number of esters is 1. The summed E-state index contributed by atoms with van der Waals surface area (Å²) in [6.45, 7) is -0.178. The van der Waals surface area contributed by atoms with E-state index in [1.165, 1.54) is 26.4 Å². The van der Waals surface area contributed by atoms with Gasteiger partial charge in [-0.3, -0.25) is 4.79 Å². The highest BCUT2D eigenvalue weighted by Crippen LogP contribution is 2.22. The van der Waals surface area contributed by atoms with E-state index in [0.29, 0.717) is 5.56 Å². The molecule has 2 N–H and O–H groups in total. The van der Waals surface area contributed by atoms with E-state index in [1.807, 2.05) is 0 Å². The Morgan fingerprint density at radius 1 is 1.03 bits per heavy atom. The van der Waals surface area contributed by atoms with E-state index in [4.69, 9.17) is 4.74 Å². The van der Waals surface area contributed by atoms with Gasteiger partial charge in [-0.05, 0) is 42.0 Å². The van der Waals surface area contributed by atoms with Crippen molar-refractivity contribution in [1.29, 1.82) is 0 Å². The van der Waals surface area contributed by atoms with Crippen LogP contribution in [0.4, 0.5) is 18.9 Å². The third kappa shape index (κ3) is 5.70. The fourth-order valence-corrected chi connectivity index (χ4v) is 3.33. The lowest BCUT2D eigenvalue weighted by Gasteiger charge is -2.11. The molecule has 0 saturated heterocycles. The number of carbonyl (C=O) groups is 2. The molecule has 2 aromatic carbocycles. The van der Waals surface area contributed by atoms with Crippen molar-refractivity contribution >= 4 is 27.6 Å². The minimum atomic E-state index is -5.06. The Hall–Kier alpha value is -3.12. The van der Waals surface area contributed by atoms with Gasteiger partial charge in [-0.1, -0.05) is 6.07 Å². The first-order valence-electron chi connectivity index (χ1n) is 8.21. The fourth-order valence-electron chi connectivity index (χ4n) is 2.32. The van der Waals surface area contributed by atoms with Crippen molar-refractivity contribution in [2.45, 2.75) is 17.6 Å². The average Bonchev–Trinajstić information content (AvgIpc) is 2.71. The first-order chi connectivity index (χ1) is 14.0. The number of halogens is 3. The van der Waals surface area contributed by atoms with Crippen LogP contribution in [-0.2, 0) is 26.1 Å². The number of methoxy groups -OCH3 is 2. The van der Waals surface area contributed by atoms with Crippen molar-refractivity contribution in [3.8, 4) is 5.75 Å². The standard InChI is InChI=1S/C18H17F3N2O6S/c1-28-15-8-3-11(9-14(15)16(24)29-2)10-22-30(26,27)13-6-4-12(5-7-13)23-17(25)18(19,20)21/h3-9,22H,10H2,1-2H3,(H,23,25). The van der Waals surface area contributed by atoms with Crippen molar-refractivity contribution in [2.24, 2.45) is 0 Å². The highest BCUT2D eigenvalue weighted by atomic mass is 32.2. The van der Waals surface area contributed by atoms with Crippen LogP contribution in [0.5, 0.6) is 5.75 Å². The van der Waals surface area contributed by atoms with Crippen LogP contribution >= 0.6 is 0 Å². The number of rotatable bonds is 7. The number of amides is 1. The number of alkyl halides is 3. The molecule has 0 atom stereocenters. The topological polar surface area (TPSA) is 111 Å². The molecule has 0 radical (unpaired) electrons. The monoisotopic (exact) mass is 446 g/mol. The summed E-state index contributed by atoms with van der Waals surface area (Å²) < 4.78 is 73.6. The van der Waals surface area contributed by atoms with Crippen LogP contribution in [-0.4, -0.2) is 40.7 Å². The molecule has 0 aliphatic heterocycles. The lowest BCUT2D eigenvalue weighted by atomic mass is 10.1. The summed E-state index contributed by atoms with van der Waals surface area (Å²) in [5, 5.41) is 1.62. The maximum absolute atomic E-state index is 12.4. The highest BCUT2D eigenvalue weighted by molar-refractivity contribution is 7.89. The van der Waals surface area contributed by atoms with Gasteiger partial charge in [0, 0.05) is 12.2 Å². The molecule has 0 saturated carbocycles. The van der Waals surface area contributed by atoms with E-state index in [2.05, 4.69) is 9.46 Å². The van der Waals surface area contributed by atoms with E-state index in [1.54, 1.807) is 11.4 Å². The molecule has 30 heavy (non-hydrogen) atoms. The predicted molar refractivity (Wildman–Crippen MR) is 99.5 cm³/mol. The van der Waals surface area contributed by atoms with Crippen molar-refractivity contribution < 1.29 is 40.7 Å². The molecular formula is C18H17F3N2O6S. The second-order valence-electron chi connectivity index (χ2n) is 5.83. The Bertz CT molecular complexity index is 1040. The molecule has 8 nitrogen and oxygen atoms in total. The SMILES string of the molecule is COC(=O)c1cc(CNS(=O)(=O)c2ccc(NC(=O)C(F)(F)F)cc2)ccc1OC. The molecule has 0 bridgehead atoms. The summed E-state index contributed by atoms with van der Waals surface area (Å²) in [5.41, 5.74) is 0.337. The Kier molecular flexibility index (Phi) is 7.05.